The number of hydrogen-bond acceptors (Lipinski definition) is 3. The summed E-state index contributed by atoms with van der Waals surface area (Å²) in [6, 6.07) is 11.8. The Morgan fingerprint density at radius 1 is 1.15 bits per heavy atom. The molecule has 2 rings (SSSR count). The largest absolute Gasteiger partial charge is 0.350 e. The maximum absolute atomic E-state index is 12.9. The van der Waals surface area contributed by atoms with Crippen LogP contribution in [0.5, 0.6) is 0 Å². The molecule has 0 bridgehead atoms. The highest BCUT2D eigenvalue weighted by Crippen LogP contribution is 2.12. The summed E-state index contributed by atoms with van der Waals surface area (Å²) in [6.07, 6.45) is 1.22. The van der Waals surface area contributed by atoms with Gasteiger partial charge in [-0.15, -0.1) is 0 Å². The summed E-state index contributed by atoms with van der Waals surface area (Å²) >= 11 is 0. The van der Waals surface area contributed by atoms with Crippen LogP contribution in [0.2, 0.25) is 0 Å². The quantitative estimate of drug-likeness (QED) is 0.742. The Morgan fingerprint density at radius 3 is 2.50 bits per heavy atom. The summed E-state index contributed by atoms with van der Waals surface area (Å²) in [5, 5.41) is 2.81. The lowest BCUT2D eigenvalue weighted by molar-refractivity contribution is 0.0939. The van der Waals surface area contributed by atoms with Crippen molar-refractivity contribution in [3.8, 4) is 0 Å². The number of nitrogens with one attached hydrogen (secondary N) is 2. The lowest BCUT2D eigenvalue weighted by Crippen LogP contribution is -2.32. The van der Waals surface area contributed by atoms with E-state index in [1.807, 2.05) is 13.8 Å². The maximum Gasteiger partial charge on any atom is 0.251 e. The number of carbonyl (C=O) groups is 1. The fraction of sp³-hybridized carbons (Fsp3) is 0.316. The first kappa shape index (κ1) is 20.1. The van der Waals surface area contributed by atoms with E-state index >= 15 is 0 Å². The van der Waals surface area contributed by atoms with Gasteiger partial charge >= 0.3 is 0 Å². The third-order valence-electron chi connectivity index (χ3n) is 4.02. The lowest BCUT2D eigenvalue weighted by atomic mass is 10.1. The van der Waals surface area contributed by atoms with Crippen LogP contribution in [-0.2, 0) is 16.4 Å². The number of carbonyl (C=O) groups excluding carboxylic acids is 1. The molecule has 0 heterocycles. The Kier molecular flexibility index (Phi) is 6.88. The third kappa shape index (κ3) is 5.64. The number of amides is 1. The van der Waals surface area contributed by atoms with Gasteiger partial charge in [-0.25, -0.2) is 17.5 Å². The minimum atomic E-state index is -3.73. The van der Waals surface area contributed by atoms with Gasteiger partial charge in [-0.2, -0.15) is 0 Å². The predicted molar refractivity (Wildman–Crippen MR) is 99.0 cm³/mol. The summed E-state index contributed by atoms with van der Waals surface area (Å²) in [5.74, 6) is -0.635. The number of halogens is 1. The second-order valence-corrected chi connectivity index (χ2v) is 7.85. The van der Waals surface area contributed by atoms with Gasteiger partial charge in [-0.05, 0) is 55.7 Å². The first-order valence-electron chi connectivity index (χ1n) is 8.47. The highest BCUT2D eigenvalue weighted by molar-refractivity contribution is 7.89. The molecular weight excluding hydrogens is 355 g/mol. The highest BCUT2D eigenvalue weighted by atomic mass is 32.2. The van der Waals surface area contributed by atoms with Crippen molar-refractivity contribution in [2.24, 2.45) is 0 Å². The summed E-state index contributed by atoms with van der Waals surface area (Å²) in [7, 11) is -3.73. The van der Waals surface area contributed by atoms with Gasteiger partial charge in [0.2, 0.25) is 10.0 Å². The van der Waals surface area contributed by atoms with E-state index in [-0.39, 0.29) is 29.2 Å². The second-order valence-electron chi connectivity index (χ2n) is 6.08. The average Bonchev–Trinajstić information content (AvgIpc) is 2.63. The first-order valence-corrected chi connectivity index (χ1v) is 9.95. The molecule has 0 aliphatic rings. The van der Waals surface area contributed by atoms with Crippen molar-refractivity contribution in [3.63, 3.8) is 0 Å². The molecule has 140 valence electrons. The zero-order chi connectivity index (χ0) is 19.2. The molecule has 26 heavy (non-hydrogen) atoms. The van der Waals surface area contributed by atoms with Crippen LogP contribution in [0.15, 0.2) is 53.4 Å². The zero-order valence-electron chi connectivity index (χ0n) is 14.8. The molecule has 0 saturated carbocycles. The minimum Gasteiger partial charge on any atom is -0.350 e. The molecule has 0 spiro atoms. The van der Waals surface area contributed by atoms with E-state index in [0.717, 1.165) is 12.0 Å². The molecule has 7 heteroatoms. The lowest BCUT2D eigenvalue weighted by Gasteiger charge is -2.12. The molecule has 0 radical (unpaired) electrons. The first-order chi connectivity index (χ1) is 12.3. The van der Waals surface area contributed by atoms with Gasteiger partial charge in [0.1, 0.15) is 5.82 Å². The van der Waals surface area contributed by atoms with Crippen molar-refractivity contribution < 1.29 is 17.6 Å². The number of rotatable bonds is 8. The molecule has 2 aromatic rings. The Hall–Kier alpha value is -2.25. The Morgan fingerprint density at radius 2 is 1.85 bits per heavy atom. The highest BCUT2D eigenvalue weighted by Gasteiger charge is 2.16. The zero-order valence-corrected chi connectivity index (χ0v) is 15.6. The second kappa shape index (κ2) is 8.91. The standard InChI is InChI=1S/C19H23FN2O3S/c1-3-14(2)22-19(23)16-5-4-6-18(13-16)26(24,25)21-12-11-15-7-9-17(20)10-8-15/h4-10,13-14,21H,3,11-12H2,1-2H3,(H,22,23). The van der Waals surface area contributed by atoms with Gasteiger partial charge < -0.3 is 5.32 Å². The minimum absolute atomic E-state index is 0.0107. The normalized spacial score (nSPS) is 12.6. The van der Waals surface area contributed by atoms with E-state index in [9.17, 15) is 17.6 Å². The van der Waals surface area contributed by atoms with Crippen LogP contribution in [0, 0.1) is 5.82 Å². The van der Waals surface area contributed by atoms with Crippen molar-refractivity contribution >= 4 is 15.9 Å². The Labute approximate surface area is 153 Å². The van der Waals surface area contributed by atoms with Crippen molar-refractivity contribution in [1.29, 1.82) is 0 Å². The smallest absolute Gasteiger partial charge is 0.251 e. The molecular formula is C19H23FN2O3S. The molecule has 1 unspecified atom stereocenters. The Bertz CT molecular complexity index is 851. The van der Waals surface area contributed by atoms with Crippen LogP contribution >= 0.6 is 0 Å². The molecule has 5 nitrogen and oxygen atoms in total. The van der Waals surface area contributed by atoms with Gasteiger partial charge in [-0.1, -0.05) is 25.1 Å². The molecule has 0 saturated heterocycles. The van der Waals surface area contributed by atoms with Crippen LogP contribution < -0.4 is 10.0 Å². The summed E-state index contributed by atoms with van der Waals surface area (Å²) in [5.41, 5.74) is 1.13. The SMILES string of the molecule is CCC(C)NC(=O)c1cccc(S(=O)(=O)NCCc2ccc(F)cc2)c1. The van der Waals surface area contributed by atoms with Crippen molar-refractivity contribution in [1.82, 2.24) is 10.0 Å². The van der Waals surface area contributed by atoms with Gasteiger partial charge in [0, 0.05) is 18.2 Å². The summed E-state index contributed by atoms with van der Waals surface area (Å²) in [6.45, 7) is 4.02. The van der Waals surface area contributed by atoms with Crippen LogP contribution in [0.3, 0.4) is 0 Å². The predicted octanol–water partition coefficient (Wildman–Crippen LogP) is 2.88. The van der Waals surface area contributed by atoms with E-state index < -0.39 is 10.0 Å². The van der Waals surface area contributed by atoms with Crippen molar-refractivity contribution in [2.45, 2.75) is 37.6 Å². The van der Waals surface area contributed by atoms with Gasteiger partial charge in [0.05, 0.1) is 4.90 Å². The van der Waals surface area contributed by atoms with E-state index in [4.69, 9.17) is 0 Å². The average molecular weight is 378 g/mol. The van der Waals surface area contributed by atoms with Gasteiger partial charge in [-0.3, -0.25) is 4.79 Å². The van der Waals surface area contributed by atoms with Crippen LogP contribution in [0.25, 0.3) is 0 Å². The van der Waals surface area contributed by atoms with Gasteiger partial charge in [0.15, 0.2) is 0 Å². The third-order valence-corrected chi connectivity index (χ3v) is 5.47. The molecule has 1 amide bonds. The van der Waals surface area contributed by atoms with E-state index in [1.165, 1.54) is 24.3 Å². The van der Waals surface area contributed by atoms with Crippen molar-refractivity contribution in [3.05, 3.63) is 65.5 Å². The van der Waals surface area contributed by atoms with E-state index in [1.54, 1.807) is 24.3 Å². The molecule has 1 atom stereocenters. The number of sulfonamides is 1. The fourth-order valence-corrected chi connectivity index (χ4v) is 3.36. The van der Waals surface area contributed by atoms with E-state index in [2.05, 4.69) is 10.0 Å². The van der Waals surface area contributed by atoms with E-state index in [0.29, 0.717) is 12.0 Å². The van der Waals surface area contributed by atoms with Crippen LogP contribution in [0.4, 0.5) is 4.39 Å². The van der Waals surface area contributed by atoms with Gasteiger partial charge in [0.25, 0.3) is 5.91 Å². The molecule has 0 aliphatic heterocycles. The number of benzene rings is 2. The summed E-state index contributed by atoms with van der Waals surface area (Å²) < 4.78 is 40.2. The summed E-state index contributed by atoms with van der Waals surface area (Å²) in [4.78, 5) is 12.2. The molecule has 0 fully saturated rings. The monoisotopic (exact) mass is 378 g/mol. The number of hydrogen-bond donors (Lipinski definition) is 2. The van der Waals surface area contributed by atoms with Crippen LogP contribution in [-0.4, -0.2) is 26.9 Å². The molecule has 0 aliphatic carbocycles. The fourth-order valence-electron chi connectivity index (χ4n) is 2.28. The molecule has 2 aromatic carbocycles. The van der Waals surface area contributed by atoms with Crippen LogP contribution in [0.1, 0.15) is 36.2 Å². The maximum atomic E-state index is 12.9. The van der Waals surface area contributed by atoms with Crippen molar-refractivity contribution in [2.75, 3.05) is 6.54 Å². The molecule has 2 N–H and O–H groups in total. The molecule has 0 aromatic heterocycles. The Balaban J connectivity index is 2.02. The topological polar surface area (TPSA) is 75.3 Å².